The first kappa shape index (κ1) is 20.4. The summed E-state index contributed by atoms with van der Waals surface area (Å²) in [6.07, 6.45) is 3.12. The minimum atomic E-state index is -2.82. The fraction of sp³-hybridized carbons (Fsp3) is 0.524. The lowest BCUT2D eigenvalue weighted by Gasteiger charge is -2.30. The number of rotatable bonds is 2. The van der Waals surface area contributed by atoms with Crippen molar-refractivity contribution in [3.63, 3.8) is 0 Å². The average Bonchev–Trinajstić information content (AvgIpc) is 3.35. The molecule has 0 radical (unpaired) electrons. The molecule has 1 aliphatic heterocycles. The number of fused-ring (bicyclic) bond motifs is 3. The predicted octanol–water partition coefficient (Wildman–Crippen LogP) is 3.78. The second-order valence-corrected chi connectivity index (χ2v) is 10.6. The van der Waals surface area contributed by atoms with E-state index in [0.29, 0.717) is 35.8 Å². The number of nitrogens with one attached hydrogen (secondary N) is 1. The number of aromatic nitrogens is 2. The Hall–Kier alpha value is -2.49. The largest absolute Gasteiger partial charge is 0.476 e. The third-order valence-electron chi connectivity index (χ3n) is 6.05. The molecule has 0 fully saturated rings. The van der Waals surface area contributed by atoms with Gasteiger partial charge >= 0.3 is 6.03 Å². The number of benzene rings is 1. The van der Waals surface area contributed by atoms with Crippen LogP contribution < -0.4 is 10.1 Å². The van der Waals surface area contributed by atoms with Crippen molar-refractivity contribution in [3.8, 4) is 5.88 Å². The van der Waals surface area contributed by atoms with E-state index in [1.165, 1.54) is 6.20 Å². The monoisotopic (exact) mass is 450 g/mol. The van der Waals surface area contributed by atoms with Gasteiger partial charge in [0.2, 0.25) is 5.88 Å². The summed E-state index contributed by atoms with van der Waals surface area (Å²) in [5.74, 6) is -2.46. The molecule has 1 unspecified atom stereocenters. The van der Waals surface area contributed by atoms with E-state index >= 15 is 0 Å². The van der Waals surface area contributed by atoms with Gasteiger partial charge in [0.25, 0.3) is 5.92 Å². The maximum atomic E-state index is 14.0. The first-order chi connectivity index (χ1) is 14.6. The number of thiol groups is 1. The van der Waals surface area contributed by atoms with E-state index in [9.17, 15) is 17.8 Å². The normalized spacial score (nSPS) is 21.2. The van der Waals surface area contributed by atoms with E-state index in [2.05, 4.69) is 14.8 Å². The molecule has 0 saturated heterocycles. The van der Waals surface area contributed by atoms with E-state index in [-0.39, 0.29) is 16.7 Å². The summed E-state index contributed by atoms with van der Waals surface area (Å²) in [6.45, 7) is 5.12. The second kappa shape index (κ2) is 7.01. The van der Waals surface area contributed by atoms with E-state index in [1.54, 1.807) is 4.68 Å². The van der Waals surface area contributed by atoms with Crippen LogP contribution in [-0.4, -0.2) is 32.5 Å². The fourth-order valence-corrected chi connectivity index (χ4v) is 5.52. The van der Waals surface area contributed by atoms with Crippen LogP contribution in [0.3, 0.4) is 0 Å². The zero-order valence-electron chi connectivity index (χ0n) is 17.4. The highest BCUT2D eigenvalue weighted by Crippen LogP contribution is 2.43. The molecule has 2 amide bonds. The Bertz CT molecular complexity index is 1180. The number of hydrogen-bond acceptors (Lipinski definition) is 4. The van der Waals surface area contributed by atoms with Gasteiger partial charge in [0.05, 0.1) is 29.9 Å². The van der Waals surface area contributed by atoms with Crippen LogP contribution in [0.2, 0.25) is 0 Å². The summed E-state index contributed by atoms with van der Waals surface area (Å²) in [5, 5.41) is 6.88. The van der Waals surface area contributed by atoms with Gasteiger partial charge in [-0.05, 0) is 41.5 Å². The van der Waals surface area contributed by atoms with Crippen LogP contribution in [-0.2, 0) is 42.8 Å². The molecule has 5 rings (SSSR count). The standard InChI is InChI=1S/C21H24F2N4O3S/c1-20(2)10-27-18(30-11-20)16(9-24-27)31(29)26-19(28)25-17-14-5-3-4-12(14)6-13-7-21(22,23)8-15(13)17/h6,9,31H,3-5,7-8,10-11H2,1-2H3,(H,25,28). The number of nitrogens with zero attached hydrogens (tertiary/aromatic N) is 3. The van der Waals surface area contributed by atoms with E-state index in [1.807, 2.05) is 19.9 Å². The minimum Gasteiger partial charge on any atom is -0.476 e. The highest BCUT2D eigenvalue weighted by Gasteiger charge is 2.40. The van der Waals surface area contributed by atoms with Gasteiger partial charge in [0.1, 0.15) is 4.90 Å². The van der Waals surface area contributed by atoms with Gasteiger partial charge in [-0.3, -0.25) is 0 Å². The summed E-state index contributed by atoms with van der Waals surface area (Å²) >= 11 is 0. The summed E-state index contributed by atoms with van der Waals surface area (Å²) < 4.78 is 52.0. The Labute approximate surface area is 180 Å². The van der Waals surface area contributed by atoms with Crippen molar-refractivity contribution in [1.29, 1.82) is 0 Å². The Morgan fingerprint density at radius 2 is 2.06 bits per heavy atom. The molecule has 1 N–H and O–H groups in total. The molecule has 2 aromatic rings. The Balaban J connectivity index is 1.43. The zero-order valence-corrected chi connectivity index (χ0v) is 18.3. The van der Waals surface area contributed by atoms with Crippen LogP contribution in [0, 0.1) is 5.41 Å². The smallest absolute Gasteiger partial charge is 0.353 e. The van der Waals surface area contributed by atoms with Crippen molar-refractivity contribution >= 4 is 22.3 Å². The molecule has 3 aliphatic rings. The van der Waals surface area contributed by atoms with Crippen molar-refractivity contribution < 1.29 is 22.5 Å². The number of alkyl halides is 2. The predicted molar refractivity (Wildman–Crippen MR) is 112 cm³/mol. The Kier molecular flexibility index (Phi) is 4.62. The maximum absolute atomic E-state index is 14.0. The molecule has 10 heteroatoms. The number of carbonyl (C=O) groups excluding carboxylic acids is 1. The zero-order chi connectivity index (χ0) is 22.0. The maximum Gasteiger partial charge on any atom is 0.353 e. The average molecular weight is 451 g/mol. The Morgan fingerprint density at radius 3 is 2.87 bits per heavy atom. The number of amides is 2. The summed E-state index contributed by atoms with van der Waals surface area (Å²) in [6, 6.07) is 1.04. The molecule has 0 spiro atoms. The van der Waals surface area contributed by atoms with Gasteiger partial charge in [-0.1, -0.05) is 19.9 Å². The molecule has 7 nitrogen and oxygen atoms in total. The molecule has 2 heterocycles. The van der Waals surface area contributed by atoms with Crippen LogP contribution in [0.1, 0.15) is 42.5 Å². The summed E-state index contributed by atoms with van der Waals surface area (Å²) in [4.78, 5) is 12.9. The van der Waals surface area contributed by atoms with Crippen molar-refractivity contribution in [2.45, 2.75) is 63.3 Å². The molecule has 166 valence electrons. The molecule has 1 aromatic carbocycles. The SMILES string of the molecule is CC1(C)COc2c([SH](=O)=NC(=O)Nc3c4c(cc5c3CC(F)(F)C5)CCC4)cnn2C1. The Morgan fingerprint density at radius 1 is 1.26 bits per heavy atom. The van der Waals surface area contributed by atoms with E-state index < -0.39 is 29.0 Å². The molecule has 2 aliphatic carbocycles. The summed E-state index contributed by atoms with van der Waals surface area (Å²) in [7, 11) is -2.44. The first-order valence-electron chi connectivity index (χ1n) is 10.3. The van der Waals surface area contributed by atoms with E-state index in [4.69, 9.17) is 4.74 Å². The molecule has 1 aromatic heterocycles. The number of urea groups is 1. The highest BCUT2D eigenvalue weighted by atomic mass is 32.2. The van der Waals surface area contributed by atoms with Crippen LogP contribution in [0.5, 0.6) is 5.88 Å². The van der Waals surface area contributed by atoms with Crippen LogP contribution in [0.4, 0.5) is 19.3 Å². The number of carbonyl (C=O) groups is 1. The van der Waals surface area contributed by atoms with Crippen molar-refractivity contribution in [1.82, 2.24) is 9.78 Å². The first-order valence-corrected chi connectivity index (χ1v) is 11.6. The number of hydrogen-bond donors (Lipinski definition) is 2. The molecule has 1 atom stereocenters. The van der Waals surface area contributed by atoms with Crippen molar-refractivity contribution in [2.24, 2.45) is 9.78 Å². The second-order valence-electron chi connectivity index (χ2n) is 9.34. The summed E-state index contributed by atoms with van der Waals surface area (Å²) in [5.41, 5.74) is 3.26. The van der Waals surface area contributed by atoms with Crippen LogP contribution in [0.15, 0.2) is 21.5 Å². The molecular weight excluding hydrogens is 426 g/mol. The topological polar surface area (TPSA) is 85.6 Å². The van der Waals surface area contributed by atoms with Crippen LogP contribution >= 0.6 is 0 Å². The van der Waals surface area contributed by atoms with Gasteiger partial charge < -0.3 is 10.1 Å². The van der Waals surface area contributed by atoms with Gasteiger partial charge in [0.15, 0.2) is 0 Å². The van der Waals surface area contributed by atoms with Gasteiger partial charge in [-0.15, -0.1) is 4.36 Å². The lowest BCUT2D eigenvalue weighted by molar-refractivity contribution is 0.0131. The highest BCUT2D eigenvalue weighted by molar-refractivity contribution is 7.75. The number of ether oxygens (including phenoxy) is 1. The lowest BCUT2D eigenvalue weighted by Crippen LogP contribution is -2.33. The van der Waals surface area contributed by atoms with Crippen molar-refractivity contribution in [3.05, 3.63) is 34.5 Å². The van der Waals surface area contributed by atoms with Gasteiger partial charge in [0, 0.05) is 23.9 Å². The molecule has 0 saturated carbocycles. The van der Waals surface area contributed by atoms with E-state index in [0.717, 1.165) is 30.4 Å². The third-order valence-corrected chi connectivity index (χ3v) is 7.14. The molecule has 0 bridgehead atoms. The van der Waals surface area contributed by atoms with Gasteiger partial charge in [-0.25, -0.2) is 22.5 Å². The molecule has 31 heavy (non-hydrogen) atoms. The number of halogens is 2. The minimum absolute atomic E-state index is 0.105. The quantitative estimate of drug-likeness (QED) is 0.682. The van der Waals surface area contributed by atoms with Gasteiger partial charge in [-0.2, -0.15) is 5.10 Å². The fourth-order valence-electron chi connectivity index (χ4n) is 4.70. The molecular formula is C21H24F2N4O3S. The lowest BCUT2D eigenvalue weighted by atomic mass is 9.94. The van der Waals surface area contributed by atoms with Crippen molar-refractivity contribution in [2.75, 3.05) is 11.9 Å². The number of aryl methyl sites for hydroxylation is 1. The number of anilines is 1. The van der Waals surface area contributed by atoms with Crippen LogP contribution in [0.25, 0.3) is 0 Å². The third kappa shape index (κ3) is 3.71.